The fourth-order valence-corrected chi connectivity index (χ4v) is 0.402. The van der Waals surface area contributed by atoms with Gasteiger partial charge in [-0.2, -0.15) is 4.85 Å². The molecule has 3 N–H and O–H groups in total. The van der Waals surface area contributed by atoms with Crippen molar-refractivity contribution in [1.82, 2.24) is 0 Å². The number of oxime groups is 1. The molecule has 1 amide bonds. The molecular formula is C8H13N3O5. The van der Waals surface area contributed by atoms with Crippen LogP contribution in [0, 0.1) is 6.57 Å². The van der Waals surface area contributed by atoms with Crippen molar-refractivity contribution in [1.29, 1.82) is 0 Å². The summed E-state index contributed by atoms with van der Waals surface area (Å²) in [7, 11) is 0. The zero-order valence-corrected chi connectivity index (χ0v) is 8.97. The van der Waals surface area contributed by atoms with E-state index in [0.29, 0.717) is 0 Å². The minimum absolute atomic E-state index is 0.217. The molecule has 0 bridgehead atoms. The Bertz CT molecular complexity index is 295. The van der Waals surface area contributed by atoms with Crippen LogP contribution in [0.25, 0.3) is 4.85 Å². The van der Waals surface area contributed by atoms with Gasteiger partial charge in [0.1, 0.15) is 6.57 Å². The first kappa shape index (κ1) is 16.1. The normalized spacial score (nSPS) is 9.19. The summed E-state index contributed by atoms with van der Waals surface area (Å²) in [6.45, 7) is 9.84. The van der Waals surface area contributed by atoms with Gasteiger partial charge in [0.2, 0.25) is 5.84 Å². The van der Waals surface area contributed by atoms with Crippen LogP contribution < -0.4 is 5.73 Å². The van der Waals surface area contributed by atoms with E-state index in [-0.39, 0.29) is 13.2 Å². The Kier molecular flexibility index (Phi) is 10.9. The molecule has 0 aliphatic carbocycles. The average molecular weight is 231 g/mol. The van der Waals surface area contributed by atoms with Crippen LogP contribution in [-0.4, -0.2) is 36.3 Å². The number of carbonyl (C=O) groups is 2. The second kappa shape index (κ2) is 10.8. The van der Waals surface area contributed by atoms with Gasteiger partial charge >= 0.3 is 12.1 Å². The highest BCUT2D eigenvalue weighted by atomic mass is 16.5. The maximum absolute atomic E-state index is 10.3. The van der Waals surface area contributed by atoms with E-state index in [9.17, 15) is 9.59 Å². The number of esters is 1. The number of hydrogen-bond acceptors (Lipinski definition) is 6. The molecule has 0 aliphatic heterocycles. The number of carbonyl (C=O) groups excluding carboxylic acids is 2. The monoisotopic (exact) mass is 231 g/mol. The molecule has 0 heterocycles. The number of ether oxygens (including phenoxy) is 2. The maximum Gasteiger partial charge on any atom is 0.561 e. The predicted molar refractivity (Wildman–Crippen MR) is 53.7 cm³/mol. The summed E-state index contributed by atoms with van der Waals surface area (Å²) < 4.78 is 8.54. The Morgan fingerprint density at radius 2 is 1.88 bits per heavy atom. The minimum Gasteiger partial charge on any atom is -0.486 e. The smallest absolute Gasteiger partial charge is 0.486 e. The number of amidine groups is 1. The van der Waals surface area contributed by atoms with Gasteiger partial charge in [-0.15, -0.1) is 0 Å². The maximum atomic E-state index is 10.3. The first-order chi connectivity index (χ1) is 7.53. The summed E-state index contributed by atoms with van der Waals surface area (Å²) >= 11 is 0. The highest BCUT2D eigenvalue weighted by Gasteiger charge is 2.05. The first-order valence-corrected chi connectivity index (χ1v) is 4.22. The Hall–Kier alpha value is -2.30. The van der Waals surface area contributed by atoms with Crippen molar-refractivity contribution >= 4 is 17.9 Å². The lowest BCUT2D eigenvalue weighted by molar-refractivity contribution is -0.135. The highest BCUT2D eigenvalue weighted by molar-refractivity contribution is 6.34. The first-order valence-electron chi connectivity index (χ1n) is 4.22. The number of nitrogens with two attached hydrogens (primary N) is 1. The van der Waals surface area contributed by atoms with E-state index in [4.69, 9.17) is 17.5 Å². The second-order valence-corrected chi connectivity index (χ2v) is 2.02. The molecule has 0 atom stereocenters. The molecule has 0 unspecified atom stereocenters. The minimum atomic E-state index is -0.831. The van der Waals surface area contributed by atoms with E-state index in [1.807, 2.05) is 0 Å². The van der Waals surface area contributed by atoms with Crippen molar-refractivity contribution in [2.24, 2.45) is 10.9 Å². The van der Waals surface area contributed by atoms with Gasteiger partial charge < -0.3 is 20.4 Å². The van der Waals surface area contributed by atoms with E-state index in [1.54, 1.807) is 13.8 Å². The number of hydrogen-bond donors (Lipinski definition) is 2. The Balaban J connectivity index is 0. The summed E-state index contributed by atoms with van der Waals surface area (Å²) in [6.07, 6.45) is -0.831. The van der Waals surface area contributed by atoms with E-state index in [2.05, 4.69) is 19.5 Å². The van der Waals surface area contributed by atoms with Crippen molar-refractivity contribution < 1.29 is 24.3 Å². The summed E-state index contributed by atoms with van der Waals surface area (Å²) in [5.41, 5.74) is 4.83. The third-order valence-corrected chi connectivity index (χ3v) is 0.951. The SMILES string of the molecule is CCOC(=O)/C(N)=N\O.[C-]#[N+]C(=O)OCC. The topological polar surface area (TPSA) is 116 Å². The van der Waals surface area contributed by atoms with Gasteiger partial charge in [0.25, 0.3) is 0 Å². The Morgan fingerprint density at radius 3 is 2.12 bits per heavy atom. The molecule has 0 radical (unpaired) electrons. The lowest BCUT2D eigenvalue weighted by Gasteiger charge is -1.96. The number of nitrogens with zero attached hydrogens (tertiary/aromatic N) is 2. The molecule has 0 aromatic heterocycles. The van der Waals surface area contributed by atoms with Crippen molar-refractivity contribution in [2.45, 2.75) is 13.8 Å². The zero-order chi connectivity index (χ0) is 13.0. The van der Waals surface area contributed by atoms with Gasteiger partial charge in [0, 0.05) is 0 Å². The fraction of sp³-hybridized carbons (Fsp3) is 0.500. The molecular weight excluding hydrogens is 218 g/mol. The number of rotatable bonds is 2. The molecule has 8 nitrogen and oxygen atoms in total. The van der Waals surface area contributed by atoms with Crippen molar-refractivity contribution in [3.8, 4) is 0 Å². The largest absolute Gasteiger partial charge is 0.561 e. The van der Waals surface area contributed by atoms with Crippen LogP contribution in [0.4, 0.5) is 4.79 Å². The average Bonchev–Trinajstić information content (AvgIpc) is 2.29. The van der Waals surface area contributed by atoms with Crippen molar-refractivity contribution in [2.75, 3.05) is 13.2 Å². The van der Waals surface area contributed by atoms with Crippen LogP contribution >= 0.6 is 0 Å². The van der Waals surface area contributed by atoms with E-state index in [1.165, 1.54) is 0 Å². The molecule has 0 aliphatic rings. The quantitative estimate of drug-likeness (QED) is 0.177. The molecule has 0 aromatic rings. The number of amides is 1. The molecule has 0 rings (SSSR count). The summed E-state index contributed by atoms with van der Waals surface area (Å²) in [5.74, 6) is -1.34. The summed E-state index contributed by atoms with van der Waals surface area (Å²) in [4.78, 5) is 22.6. The van der Waals surface area contributed by atoms with Gasteiger partial charge in [-0.1, -0.05) is 5.16 Å². The van der Waals surface area contributed by atoms with Crippen molar-refractivity contribution in [3.63, 3.8) is 0 Å². The van der Waals surface area contributed by atoms with E-state index in [0.717, 1.165) is 0 Å². The molecule has 0 aromatic carbocycles. The molecule has 0 fully saturated rings. The Labute approximate surface area is 92.4 Å². The van der Waals surface area contributed by atoms with Gasteiger partial charge in [0.05, 0.1) is 13.2 Å². The van der Waals surface area contributed by atoms with Crippen LogP contribution in [0.15, 0.2) is 5.16 Å². The Morgan fingerprint density at radius 1 is 1.38 bits per heavy atom. The molecule has 0 saturated carbocycles. The van der Waals surface area contributed by atoms with E-state index < -0.39 is 17.9 Å². The van der Waals surface area contributed by atoms with Gasteiger partial charge in [0.15, 0.2) is 0 Å². The fourth-order valence-electron chi connectivity index (χ4n) is 0.402. The van der Waals surface area contributed by atoms with Gasteiger partial charge in [-0.3, -0.25) is 4.79 Å². The third-order valence-electron chi connectivity index (χ3n) is 0.951. The molecule has 90 valence electrons. The molecule has 0 saturated heterocycles. The van der Waals surface area contributed by atoms with Crippen molar-refractivity contribution in [3.05, 3.63) is 11.4 Å². The summed E-state index contributed by atoms with van der Waals surface area (Å²) in [6, 6.07) is 0. The zero-order valence-electron chi connectivity index (χ0n) is 8.97. The lowest BCUT2D eigenvalue weighted by atomic mass is 10.6. The highest BCUT2D eigenvalue weighted by Crippen LogP contribution is 1.78. The third kappa shape index (κ3) is 9.79. The van der Waals surface area contributed by atoms with Crippen LogP contribution in [0.1, 0.15) is 13.8 Å². The standard InChI is InChI=1S/C4H8N2O3.C4H5NO2/c1-2-9-4(7)3(5)6-8;1-3-7-4(6)5-2/h8H,2H2,1H3,(H2,5,6);3H2,1H3. The lowest BCUT2D eigenvalue weighted by Crippen LogP contribution is -2.25. The van der Waals surface area contributed by atoms with E-state index >= 15 is 0 Å². The van der Waals surface area contributed by atoms with Crippen LogP contribution in [0.3, 0.4) is 0 Å². The second-order valence-electron chi connectivity index (χ2n) is 2.02. The molecule has 0 spiro atoms. The summed E-state index contributed by atoms with van der Waals surface area (Å²) in [5, 5.41) is 10.3. The van der Waals surface area contributed by atoms with Crippen LogP contribution in [0.5, 0.6) is 0 Å². The van der Waals surface area contributed by atoms with Gasteiger partial charge in [-0.25, -0.2) is 4.79 Å². The van der Waals surface area contributed by atoms with Crippen LogP contribution in [0.2, 0.25) is 0 Å². The predicted octanol–water partition coefficient (Wildman–Crippen LogP) is 0.358. The molecule has 16 heavy (non-hydrogen) atoms. The van der Waals surface area contributed by atoms with Gasteiger partial charge in [-0.05, 0) is 13.8 Å². The molecule has 8 heteroatoms. The van der Waals surface area contributed by atoms with Crippen LogP contribution in [-0.2, 0) is 14.3 Å².